The molecule has 0 fully saturated rings. The molecule has 0 atom stereocenters. The number of carbonyl (C=O) groups is 2. The molecule has 1 aromatic heterocycles. The van der Waals surface area contributed by atoms with Crippen LogP contribution in [0.1, 0.15) is 34.6 Å². The topological polar surface area (TPSA) is 92.5 Å². The number of nitrogens with zero attached hydrogens (tertiary/aromatic N) is 3. The average Bonchev–Trinajstić information content (AvgIpc) is 2.60. The lowest BCUT2D eigenvalue weighted by molar-refractivity contribution is -0.138. The molecule has 1 aromatic carbocycles. The summed E-state index contributed by atoms with van der Waals surface area (Å²) in [6.45, 7) is 1.46. The van der Waals surface area contributed by atoms with Gasteiger partial charge in [0.25, 0.3) is 5.91 Å². The number of aryl methyl sites for hydroxylation is 1. The van der Waals surface area contributed by atoms with Gasteiger partial charge in [-0.1, -0.05) is 12.1 Å². The number of aliphatic carboxylic acids is 1. The monoisotopic (exact) mass is 397 g/mol. The first kappa shape index (κ1) is 21.1. The van der Waals surface area contributed by atoms with Gasteiger partial charge in [-0.3, -0.25) is 14.4 Å². The summed E-state index contributed by atoms with van der Waals surface area (Å²) in [6, 6.07) is 5.74. The summed E-state index contributed by atoms with van der Waals surface area (Å²) < 4.78 is 40.8. The fourth-order valence-electron chi connectivity index (χ4n) is 2.59. The first-order valence-corrected chi connectivity index (χ1v) is 8.27. The molecule has 0 saturated carbocycles. The maximum Gasteiger partial charge on any atom is 0.418 e. The number of rotatable bonds is 6. The van der Waals surface area contributed by atoms with Crippen LogP contribution in [0.15, 0.2) is 35.1 Å². The summed E-state index contributed by atoms with van der Waals surface area (Å²) in [7, 11) is 1.36. The number of carbonyl (C=O) groups excluding carboxylic acids is 1. The summed E-state index contributed by atoms with van der Waals surface area (Å²) in [5.41, 5.74) is -2.40. The number of carboxylic acid groups (broad SMARTS) is 1. The lowest BCUT2D eigenvalue weighted by Gasteiger charge is -2.19. The van der Waals surface area contributed by atoms with Crippen LogP contribution in [0.5, 0.6) is 0 Å². The number of para-hydroxylation sites is 1. The van der Waals surface area contributed by atoms with Crippen molar-refractivity contribution in [1.82, 2.24) is 14.7 Å². The molecule has 0 saturated heterocycles. The molecule has 0 spiro atoms. The zero-order valence-corrected chi connectivity index (χ0v) is 15.2. The highest BCUT2D eigenvalue weighted by molar-refractivity contribution is 5.91. The molecule has 0 aliphatic heterocycles. The van der Waals surface area contributed by atoms with Gasteiger partial charge in [0.15, 0.2) is 5.69 Å². The van der Waals surface area contributed by atoms with E-state index in [-0.39, 0.29) is 30.8 Å². The minimum Gasteiger partial charge on any atom is -0.481 e. The Morgan fingerprint density at radius 1 is 1.25 bits per heavy atom. The van der Waals surface area contributed by atoms with E-state index in [1.165, 1.54) is 32.2 Å². The van der Waals surface area contributed by atoms with E-state index in [4.69, 9.17) is 5.11 Å². The smallest absolute Gasteiger partial charge is 0.418 e. The minimum atomic E-state index is -4.65. The standard InChI is InChI=1S/C18H18F3N3O4/c1-11-10-14(25)16(17(28)23(2)9-5-8-15(26)27)22-24(11)13-7-4-3-6-12(13)18(19,20)21/h3-4,6-7,10H,5,8-9H2,1-2H3,(H,26,27). The lowest BCUT2D eigenvalue weighted by Crippen LogP contribution is -2.34. The summed E-state index contributed by atoms with van der Waals surface area (Å²) in [4.78, 5) is 36.4. The molecule has 2 rings (SSSR count). The Hall–Kier alpha value is -3.17. The molecule has 1 N–H and O–H groups in total. The van der Waals surface area contributed by atoms with E-state index in [0.29, 0.717) is 0 Å². The predicted octanol–water partition coefficient (Wildman–Crippen LogP) is 2.50. The van der Waals surface area contributed by atoms with Crippen molar-refractivity contribution in [1.29, 1.82) is 0 Å². The van der Waals surface area contributed by atoms with E-state index >= 15 is 0 Å². The Kier molecular flexibility index (Phi) is 6.22. The number of amides is 1. The van der Waals surface area contributed by atoms with Crippen molar-refractivity contribution in [3.05, 3.63) is 57.5 Å². The van der Waals surface area contributed by atoms with Crippen molar-refractivity contribution in [3.63, 3.8) is 0 Å². The highest BCUT2D eigenvalue weighted by atomic mass is 19.4. The predicted molar refractivity (Wildman–Crippen MR) is 93.4 cm³/mol. The van der Waals surface area contributed by atoms with Crippen molar-refractivity contribution in [2.75, 3.05) is 13.6 Å². The highest BCUT2D eigenvalue weighted by Gasteiger charge is 2.34. The minimum absolute atomic E-state index is 0.0548. The largest absolute Gasteiger partial charge is 0.481 e. The van der Waals surface area contributed by atoms with Crippen LogP contribution >= 0.6 is 0 Å². The normalized spacial score (nSPS) is 11.3. The summed E-state index contributed by atoms with van der Waals surface area (Å²) in [5, 5.41) is 12.5. The molecule has 0 bridgehead atoms. The van der Waals surface area contributed by atoms with Crippen molar-refractivity contribution in [2.45, 2.75) is 25.9 Å². The third kappa shape index (κ3) is 4.76. The fraction of sp³-hybridized carbons (Fsp3) is 0.333. The number of benzene rings is 1. The Morgan fingerprint density at radius 2 is 1.89 bits per heavy atom. The van der Waals surface area contributed by atoms with E-state index in [1.807, 2.05) is 0 Å². The summed E-state index contributed by atoms with van der Waals surface area (Å²) in [5.74, 6) is -1.82. The van der Waals surface area contributed by atoms with Crippen molar-refractivity contribution in [3.8, 4) is 5.69 Å². The molecule has 10 heteroatoms. The quantitative estimate of drug-likeness (QED) is 0.809. The molecular formula is C18H18F3N3O4. The number of aromatic nitrogens is 2. The molecule has 150 valence electrons. The first-order valence-electron chi connectivity index (χ1n) is 8.27. The number of halogens is 3. The average molecular weight is 397 g/mol. The maximum absolute atomic E-state index is 13.3. The third-order valence-electron chi connectivity index (χ3n) is 3.98. The molecule has 0 radical (unpaired) electrons. The van der Waals surface area contributed by atoms with Crippen molar-refractivity contribution < 1.29 is 27.9 Å². The Balaban J connectivity index is 2.45. The number of carboxylic acids is 1. The van der Waals surface area contributed by atoms with Gasteiger partial charge in [-0.15, -0.1) is 0 Å². The van der Waals surface area contributed by atoms with Crippen LogP contribution in [0.25, 0.3) is 5.69 Å². The fourth-order valence-corrected chi connectivity index (χ4v) is 2.59. The first-order chi connectivity index (χ1) is 13.0. The van der Waals surface area contributed by atoms with E-state index in [1.54, 1.807) is 0 Å². The molecule has 1 amide bonds. The van der Waals surface area contributed by atoms with E-state index < -0.39 is 34.7 Å². The van der Waals surface area contributed by atoms with Crippen LogP contribution in [-0.2, 0) is 11.0 Å². The third-order valence-corrected chi connectivity index (χ3v) is 3.98. The zero-order valence-electron chi connectivity index (χ0n) is 15.2. The lowest BCUT2D eigenvalue weighted by atomic mass is 10.1. The summed E-state index contributed by atoms with van der Waals surface area (Å²) >= 11 is 0. The maximum atomic E-state index is 13.3. The van der Waals surface area contributed by atoms with Gasteiger partial charge < -0.3 is 10.0 Å². The SMILES string of the molecule is Cc1cc(=O)c(C(=O)N(C)CCCC(=O)O)nn1-c1ccccc1C(F)(F)F. The molecule has 2 aromatic rings. The summed E-state index contributed by atoms with van der Waals surface area (Å²) in [6.07, 6.45) is -4.65. The van der Waals surface area contributed by atoms with Gasteiger partial charge in [-0.05, 0) is 25.5 Å². The van der Waals surface area contributed by atoms with Gasteiger partial charge >= 0.3 is 12.1 Å². The van der Waals surface area contributed by atoms with Crippen LogP contribution in [0, 0.1) is 6.92 Å². The van der Waals surface area contributed by atoms with Crippen LogP contribution in [0.3, 0.4) is 0 Å². The second-order valence-electron chi connectivity index (χ2n) is 6.15. The van der Waals surface area contributed by atoms with Crippen LogP contribution in [0.4, 0.5) is 13.2 Å². The van der Waals surface area contributed by atoms with Gasteiger partial charge in [-0.2, -0.15) is 18.3 Å². The second kappa shape index (κ2) is 8.24. The molecule has 28 heavy (non-hydrogen) atoms. The molecule has 0 aliphatic rings. The van der Waals surface area contributed by atoms with Crippen LogP contribution in [-0.4, -0.2) is 45.3 Å². The van der Waals surface area contributed by atoms with Gasteiger partial charge in [0.05, 0.1) is 11.3 Å². The number of hydrogen-bond acceptors (Lipinski definition) is 4. The van der Waals surface area contributed by atoms with E-state index in [0.717, 1.165) is 21.7 Å². The van der Waals surface area contributed by atoms with Gasteiger partial charge in [-0.25, -0.2) is 4.68 Å². The Bertz CT molecular complexity index is 954. The van der Waals surface area contributed by atoms with Crippen molar-refractivity contribution >= 4 is 11.9 Å². The second-order valence-corrected chi connectivity index (χ2v) is 6.15. The van der Waals surface area contributed by atoms with Gasteiger partial charge in [0.1, 0.15) is 0 Å². The number of hydrogen-bond donors (Lipinski definition) is 1. The molecule has 0 aliphatic carbocycles. The molecular weight excluding hydrogens is 379 g/mol. The van der Waals surface area contributed by atoms with Crippen LogP contribution < -0.4 is 5.43 Å². The molecule has 0 unspecified atom stereocenters. The van der Waals surface area contributed by atoms with E-state index in [2.05, 4.69) is 5.10 Å². The number of alkyl halides is 3. The van der Waals surface area contributed by atoms with Gasteiger partial charge in [0.2, 0.25) is 5.43 Å². The highest BCUT2D eigenvalue weighted by Crippen LogP contribution is 2.33. The van der Waals surface area contributed by atoms with Crippen LogP contribution in [0.2, 0.25) is 0 Å². The Morgan fingerprint density at radius 3 is 2.50 bits per heavy atom. The Labute approximate surface area is 158 Å². The van der Waals surface area contributed by atoms with Gasteiger partial charge in [0, 0.05) is 31.8 Å². The van der Waals surface area contributed by atoms with E-state index in [9.17, 15) is 27.6 Å². The van der Waals surface area contributed by atoms with Crippen molar-refractivity contribution in [2.24, 2.45) is 0 Å². The molecule has 1 heterocycles. The molecule has 7 nitrogen and oxygen atoms in total. The zero-order chi connectivity index (χ0) is 21.1.